The number of carbonyl (C=O) groups excluding carboxylic acids is 1. The molecule has 2 heterocycles. The number of nitrogens with zero attached hydrogens (tertiary/aromatic N) is 2. The summed E-state index contributed by atoms with van der Waals surface area (Å²) in [6, 6.07) is 1.60. The van der Waals surface area contributed by atoms with Crippen LogP contribution in [0.15, 0.2) is 18.5 Å². The SMILES string of the molecule is Cn1cc(CC(=O)c2cc(Cl)sc2Cl)cn1. The van der Waals surface area contributed by atoms with Crippen LogP contribution in [0.5, 0.6) is 0 Å². The number of aromatic nitrogens is 2. The number of ketones is 1. The van der Waals surface area contributed by atoms with Gasteiger partial charge in [-0.05, 0) is 11.6 Å². The van der Waals surface area contributed by atoms with Crippen LogP contribution in [0.3, 0.4) is 0 Å². The van der Waals surface area contributed by atoms with Gasteiger partial charge in [0.1, 0.15) is 4.34 Å². The average Bonchev–Trinajstić information content (AvgIpc) is 2.73. The molecule has 0 unspecified atom stereocenters. The van der Waals surface area contributed by atoms with Crippen LogP contribution in [-0.2, 0) is 13.5 Å². The lowest BCUT2D eigenvalue weighted by Gasteiger charge is -1.95. The molecular weight excluding hydrogens is 267 g/mol. The van der Waals surface area contributed by atoms with Crippen molar-refractivity contribution in [1.29, 1.82) is 0 Å². The molecule has 0 aromatic carbocycles. The van der Waals surface area contributed by atoms with Crippen molar-refractivity contribution in [3.8, 4) is 0 Å². The molecular formula is C10H8Cl2N2OS. The van der Waals surface area contributed by atoms with E-state index in [1.807, 2.05) is 7.05 Å². The molecule has 84 valence electrons. The molecule has 0 saturated carbocycles. The van der Waals surface area contributed by atoms with Crippen molar-refractivity contribution in [2.24, 2.45) is 7.05 Å². The van der Waals surface area contributed by atoms with Gasteiger partial charge in [-0.15, -0.1) is 11.3 Å². The Hall–Kier alpha value is -0.840. The van der Waals surface area contributed by atoms with Gasteiger partial charge in [0.15, 0.2) is 5.78 Å². The quantitative estimate of drug-likeness (QED) is 0.806. The summed E-state index contributed by atoms with van der Waals surface area (Å²) in [6.45, 7) is 0. The molecule has 0 atom stereocenters. The fourth-order valence-electron chi connectivity index (χ4n) is 1.37. The van der Waals surface area contributed by atoms with Gasteiger partial charge in [-0.1, -0.05) is 23.2 Å². The fourth-order valence-corrected chi connectivity index (χ4v) is 2.87. The Bertz CT molecular complexity index is 533. The van der Waals surface area contributed by atoms with Gasteiger partial charge in [0, 0.05) is 25.2 Å². The van der Waals surface area contributed by atoms with Crippen LogP contribution in [0.2, 0.25) is 8.67 Å². The third-order valence-corrected chi connectivity index (χ3v) is 3.57. The summed E-state index contributed by atoms with van der Waals surface area (Å²) < 4.78 is 2.63. The van der Waals surface area contributed by atoms with E-state index in [9.17, 15) is 4.79 Å². The molecule has 6 heteroatoms. The lowest BCUT2D eigenvalue weighted by Crippen LogP contribution is -2.01. The maximum absolute atomic E-state index is 11.9. The number of hydrogen-bond acceptors (Lipinski definition) is 3. The van der Waals surface area contributed by atoms with Crippen LogP contribution in [0.4, 0.5) is 0 Å². The number of halogens is 2. The third kappa shape index (κ3) is 2.45. The van der Waals surface area contributed by atoms with Gasteiger partial charge in [0.25, 0.3) is 0 Å². The molecule has 16 heavy (non-hydrogen) atoms. The van der Waals surface area contributed by atoms with Crippen molar-refractivity contribution < 1.29 is 4.79 Å². The van der Waals surface area contributed by atoms with Gasteiger partial charge in [-0.3, -0.25) is 9.48 Å². The predicted octanol–water partition coefficient (Wildman–Crippen LogP) is 3.21. The van der Waals surface area contributed by atoms with Crippen molar-refractivity contribution in [3.05, 3.63) is 38.3 Å². The van der Waals surface area contributed by atoms with Crippen LogP contribution in [-0.4, -0.2) is 15.6 Å². The lowest BCUT2D eigenvalue weighted by atomic mass is 10.1. The van der Waals surface area contributed by atoms with E-state index in [0.717, 1.165) is 5.56 Å². The summed E-state index contributed by atoms with van der Waals surface area (Å²) >= 11 is 12.9. The monoisotopic (exact) mass is 274 g/mol. The first-order chi connectivity index (χ1) is 7.56. The number of aryl methyl sites for hydroxylation is 1. The number of carbonyl (C=O) groups is 1. The van der Waals surface area contributed by atoms with E-state index in [2.05, 4.69) is 5.10 Å². The first-order valence-corrected chi connectivity index (χ1v) is 6.09. The molecule has 2 aromatic rings. The predicted molar refractivity (Wildman–Crippen MR) is 65.6 cm³/mol. The molecule has 0 saturated heterocycles. The number of rotatable bonds is 3. The molecule has 0 fully saturated rings. The highest BCUT2D eigenvalue weighted by Crippen LogP contribution is 2.31. The normalized spacial score (nSPS) is 10.7. The van der Waals surface area contributed by atoms with Gasteiger partial charge in [-0.2, -0.15) is 5.10 Å². The molecule has 0 aliphatic carbocycles. The summed E-state index contributed by atoms with van der Waals surface area (Å²) in [6.07, 6.45) is 3.76. The van der Waals surface area contributed by atoms with E-state index < -0.39 is 0 Å². The summed E-state index contributed by atoms with van der Waals surface area (Å²) in [4.78, 5) is 11.9. The second kappa shape index (κ2) is 4.57. The Morgan fingerprint density at radius 3 is 2.81 bits per heavy atom. The maximum atomic E-state index is 11.9. The average molecular weight is 275 g/mol. The molecule has 0 aliphatic heterocycles. The standard InChI is InChI=1S/C10H8Cl2N2OS/c1-14-5-6(4-13-14)2-8(15)7-3-9(11)16-10(7)12/h3-5H,2H2,1H3. The Morgan fingerprint density at radius 2 is 2.31 bits per heavy atom. The fraction of sp³-hybridized carbons (Fsp3) is 0.200. The summed E-state index contributed by atoms with van der Waals surface area (Å²) in [5, 5.41) is 4.00. The topological polar surface area (TPSA) is 34.9 Å². The summed E-state index contributed by atoms with van der Waals surface area (Å²) in [5.41, 5.74) is 1.35. The van der Waals surface area contributed by atoms with Gasteiger partial charge >= 0.3 is 0 Å². The van der Waals surface area contributed by atoms with E-state index in [0.29, 0.717) is 20.7 Å². The smallest absolute Gasteiger partial charge is 0.169 e. The van der Waals surface area contributed by atoms with E-state index in [1.54, 1.807) is 23.1 Å². The summed E-state index contributed by atoms with van der Waals surface area (Å²) in [5.74, 6) is -0.0406. The molecule has 0 radical (unpaired) electrons. The highest BCUT2D eigenvalue weighted by atomic mass is 35.5. The zero-order valence-electron chi connectivity index (χ0n) is 8.41. The molecule has 0 spiro atoms. The van der Waals surface area contributed by atoms with Crippen LogP contribution >= 0.6 is 34.5 Å². The number of hydrogen-bond donors (Lipinski definition) is 0. The summed E-state index contributed by atoms with van der Waals surface area (Å²) in [7, 11) is 1.81. The molecule has 0 N–H and O–H groups in total. The number of Topliss-reactive ketones (excluding diaryl/α,β-unsaturated/α-hetero) is 1. The van der Waals surface area contributed by atoms with Crippen molar-refractivity contribution in [3.63, 3.8) is 0 Å². The molecule has 3 nitrogen and oxygen atoms in total. The third-order valence-electron chi connectivity index (χ3n) is 2.08. The zero-order chi connectivity index (χ0) is 11.7. The van der Waals surface area contributed by atoms with Crippen LogP contribution in [0.1, 0.15) is 15.9 Å². The Labute approximate surface area is 107 Å². The van der Waals surface area contributed by atoms with Gasteiger partial charge in [0.2, 0.25) is 0 Å². The van der Waals surface area contributed by atoms with Crippen LogP contribution in [0.25, 0.3) is 0 Å². The minimum Gasteiger partial charge on any atom is -0.294 e. The van der Waals surface area contributed by atoms with Crippen LogP contribution in [0, 0.1) is 0 Å². The molecule has 0 aliphatic rings. The van der Waals surface area contributed by atoms with Crippen molar-refractivity contribution in [2.75, 3.05) is 0 Å². The van der Waals surface area contributed by atoms with Crippen molar-refractivity contribution >= 4 is 40.3 Å². The van der Waals surface area contributed by atoms with E-state index in [-0.39, 0.29) is 5.78 Å². The Balaban J connectivity index is 2.17. The van der Waals surface area contributed by atoms with Gasteiger partial charge < -0.3 is 0 Å². The Kier molecular flexibility index (Phi) is 3.33. The van der Waals surface area contributed by atoms with E-state index >= 15 is 0 Å². The van der Waals surface area contributed by atoms with Crippen molar-refractivity contribution in [2.45, 2.75) is 6.42 Å². The molecule has 2 aromatic heterocycles. The highest BCUT2D eigenvalue weighted by molar-refractivity contribution is 7.20. The molecule has 2 rings (SSSR count). The second-order valence-electron chi connectivity index (χ2n) is 3.36. The largest absolute Gasteiger partial charge is 0.294 e. The molecule has 0 amide bonds. The minimum atomic E-state index is -0.0406. The van der Waals surface area contributed by atoms with E-state index in [4.69, 9.17) is 23.2 Å². The first-order valence-electron chi connectivity index (χ1n) is 4.52. The highest BCUT2D eigenvalue weighted by Gasteiger charge is 2.15. The lowest BCUT2D eigenvalue weighted by molar-refractivity contribution is 0.0993. The van der Waals surface area contributed by atoms with Crippen LogP contribution < -0.4 is 0 Å². The van der Waals surface area contributed by atoms with Gasteiger partial charge in [-0.25, -0.2) is 0 Å². The van der Waals surface area contributed by atoms with E-state index in [1.165, 1.54) is 11.3 Å². The maximum Gasteiger partial charge on any atom is 0.169 e. The molecule has 0 bridgehead atoms. The Morgan fingerprint density at radius 1 is 1.56 bits per heavy atom. The second-order valence-corrected chi connectivity index (χ2v) is 5.65. The first kappa shape index (κ1) is 11.6. The van der Waals surface area contributed by atoms with Gasteiger partial charge in [0.05, 0.1) is 10.5 Å². The minimum absolute atomic E-state index is 0.0406. The number of thiophene rings is 1. The zero-order valence-corrected chi connectivity index (χ0v) is 10.7. The van der Waals surface area contributed by atoms with Crippen molar-refractivity contribution in [1.82, 2.24) is 9.78 Å².